The monoisotopic (exact) mass is 909 g/mol. The van der Waals surface area contributed by atoms with Crippen LogP contribution in [-0.4, -0.2) is 90.1 Å². The smallest absolute Gasteiger partial charge is 0.490 e. The van der Waals surface area contributed by atoms with Gasteiger partial charge in [0, 0.05) is 48.5 Å². The summed E-state index contributed by atoms with van der Waals surface area (Å²) in [5, 5.41) is 7.84. The van der Waals surface area contributed by atoms with E-state index in [9.17, 15) is 34.8 Å². The zero-order valence-corrected chi connectivity index (χ0v) is 35.1. The van der Waals surface area contributed by atoms with Gasteiger partial charge in [-0.05, 0) is 95.8 Å². The van der Waals surface area contributed by atoms with Gasteiger partial charge in [-0.1, -0.05) is 66.2 Å². The highest BCUT2D eigenvalue weighted by Crippen LogP contribution is 2.36. The molecule has 1 amide bonds. The number of carbonyl (C=O) groups excluding carboxylic acids is 1. The highest BCUT2D eigenvalue weighted by atomic mass is 35.5. The normalized spacial score (nSPS) is 16.8. The lowest BCUT2D eigenvalue weighted by Gasteiger charge is -2.46. The van der Waals surface area contributed by atoms with Crippen LogP contribution in [0.3, 0.4) is 0 Å². The molecule has 0 radical (unpaired) electrons. The number of aliphatic carboxylic acids is 1. The third-order valence-electron chi connectivity index (χ3n) is 10.5. The van der Waals surface area contributed by atoms with Crippen LogP contribution in [-0.2, 0) is 37.8 Å². The van der Waals surface area contributed by atoms with Crippen molar-refractivity contribution < 1.29 is 49.4 Å². The molecule has 3 aliphatic rings. The van der Waals surface area contributed by atoms with Crippen molar-refractivity contribution in [2.24, 2.45) is 4.40 Å². The molecule has 1 saturated heterocycles. The SMILES string of the molecule is O=C(NS(=O)(=O)c1ccc2c(c1)S(=O)(=O)N=CN2CCOc1ccccc1)c1ccc2c(c1)CC[C@H]1CN(Cc3ccccc3-c3ccc(Cl)cc3)CCN21.O=C(O)C(F)(F)F. The maximum absolute atomic E-state index is 13.5. The molecule has 1 fully saturated rings. The molecule has 19 heteroatoms. The van der Waals surface area contributed by atoms with E-state index in [4.69, 9.17) is 26.2 Å². The van der Waals surface area contributed by atoms with Crippen molar-refractivity contribution in [2.75, 3.05) is 42.6 Å². The van der Waals surface area contributed by atoms with E-state index in [1.807, 2.05) is 48.5 Å². The molecule has 2 N–H and O–H groups in total. The van der Waals surface area contributed by atoms with E-state index in [2.05, 4.69) is 55.3 Å². The van der Waals surface area contributed by atoms with Gasteiger partial charge in [-0.2, -0.15) is 21.6 Å². The second kappa shape index (κ2) is 18.2. The van der Waals surface area contributed by atoms with Gasteiger partial charge in [-0.25, -0.2) is 17.9 Å². The topological polar surface area (TPSA) is 166 Å². The third kappa shape index (κ3) is 10.2. The number of fused-ring (bicyclic) bond motifs is 4. The molecule has 1 atom stereocenters. The van der Waals surface area contributed by atoms with Gasteiger partial charge < -0.3 is 19.6 Å². The summed E-state index contributed by atoms with van der Waals surface area (Å²) in [6, 6.07) is 34.9. The first-order valence-corrected chi connectivity index (χ1v) is 22.5. The van der Waals surface area contributed by atoms with Crippen molar-refractivity contribution in [3.8, 4) is 16.9 Å². The number of carbonyl (C=O) groups is 2. The van der Waals surface area contributed by atoms with Crippen LogP contribution in [0.4, 0.5) is 24.5 Å². The standard InChI is InChI=1S/C41H38ClN5O6S2.C2HF3O2/c42-33-14-10-29(11-15-33)37-9-5-4-6-32(37)26-45-20-21-47-34(27-45)16-12-30-24-31(13-18-38(30)47)41(48)44-54(49,50)36-17-19-39-40(25-36)55(51,52)43-28-46(39)22-23-53-35-7-2-1-3-8-35;3-2(4,5)1(6)7/h1-11,13-15,17-19,24-25,28,34H,12,16,20-23,26-27H2,(H,44,48);(H,6,7)/t34-;/m0./s1. The number of halogens is 4. The van der Waals surface area contributed by atoms with Gasteiger partial charge in [0.25, 0.3) is 26.0 Å². The fraction of sp³-hybridized carbons (Fsp3) is 0.233. The first kappa shape index (κ1) is 44.1. The Hall–Kier alpha value is -5.95. The van der Waals surface area contributed by atoms with Crippen molar-refractivity contribution in [1.29, 1.82) is 0 Å². The number of rotatable bonds is 10. The molecule has 62 heavy (non-hydrogen) atoms. The molecule has 0 spiro atoms. The average Bonchev–Trinajstić information content (AvgIpc) is 3.24. The first-order valence-electron chi connectivity index (χ1n) is 19.2. The van der Waals surface area contributed by atoms with Crippen LogP contribution in [0.1, 0.15) is 27.9 Å². The Kier molecular flexibility index (Phi) is 12.9. The molecule has 3 heterocycles. The van der Waals surface area contributed by atoms with E-state index >= 15 is 0 Å². The Bertz CT molecular complexity index is 2720. The van der Waals surface area contributed by atoms with Crippen molar-refractivity contribution in [2.45, 2.75) is 41.4 Å². The van der Waals surface area contributed by atoms with Crippen LogP contribution in [0.5, 0.6) is 5.75 Å². The quantitative estimate of drug-likeness (QED) is 0.148. The van der Waals surface area contributed by atoms with Gasteiger partial charge in [0.2, 0.25) is 0 Å². The van der Waals surface area contributed by atoms with Crippen LogP contribution < -0.4 is 19.3 Å². The van der Waals surface area contributed by atoms with E-state index < -0.39 is 38.1 Å². The largest absolute Gasteiger partial charge is 0.492 e. The molecule has 0 aliphatic carbocycles. The number of ether oxygens (including phenoxy) is 1. The molecule has 5 aromatic rings. The lowest BCUT2D eigenvalue weighted by molar-refractivity contribution is -0.192. The van der Waals surface area contributed by atoms with Crippen LogP contribution in [0.25, 0.3) is 11.1 Å². The molecule has 5 aromatic carbocycles. The molecule has 0 aromatic heterocycles. The third-order valence-corrected chi connectivity index (χ3v) is 13.3. The number of piperazine rings is 1. The number of hydrogen-bond acceptors (Lipinski definition) is 10. The number of sulfonamides is 2. The molecule has 324 valence electrons. The van der Waals surface area contributed by atoms with Gasteiger partial charge in [0.15, 0.2) is 0 Å². The maximum atomic E-state index is 13.5. The summed E-state index contributed by atoms with van der Waals surface area (Å²) < 4.78 is 96.0. The zero-order chi connectivity index (χ0) is 44.2. The van der Waals surface area contributed by atoms with E-state index in [0.717, 1.165) is 61.9 Å². The second-order valence-corrected chi connectivity index (χ2v) is 18.3. The highest BCUT2D eigenvalue weighted by molar-refractivity contribution is 7.91. The van der Waals surface area contributed by atoms with Crippen LogP contribution in [0, 0.1) is 0 Å². The molecular formula is C43H39ClF3N5O8S2. The fourth-order valence-corrected chi connectivity index (χ4v) is 9.78. The number of anilines is 2. The molecular weight excluding hydrogens is 871 g/mol. The summed E-state index contributed by atoms with van der Waals surface area (Å²) in [7, 11) is -8.61. The number of para-hydroxylation sites is 1. The summed E-state index contributed by atoms with van der Waals surface area (Å²) in [6.45, 7) is 3.91. The number of carboxylic acids is 1. The predicted molar refractivity (Wildman–Crippen MR) is 228 cm³/mol. The average molecular weight is 910 g/mol. The van der Waals surface area contributed by atoms with Gasteiger partial charge in [0.05, 0.1) is 17.1 Å². The van der Waals surface area contributed by atoms with E-state index in [1.165, 1.54) is 29.6 Å². The number of alkyl halides is 3. The van der Waals surface area contributed by atoms with Crippen molar-refractivity contribution in [1.82, 2.24) is 9.62 Å². The molecule has 0 bridgehead atoms. The molecule has 0 unspecified atom stereocenters. The number of amides is 1. The molecule has 3 aliphatic heterocycles. The minimum atomic E-state index is -5.08. The number of nitrogens with one attached hydrogen (secondary N) is 1. The Labute approximate surface area is 361 Å². The lowest BCUT2D eigenvalue weighted by Crippen LogP contribution is -2.54. The number of nitrogens with zero attached hydrogens (tertiary/aromatic N) is 4. The number of benzene rings is 5. The fourth-order valence-electron chi connectivity index (χ4n) is 7.51. The van der Waals surface area contributed by atoms with Gasteiger partial charge in [0.1, 0.15) is 23.6 Å². The van der Waals surface area contributed by atoms with Gasteiger partial charge in [-0.15, -0.1) is 4.40 Å². The summed E-state index contributed by atoms with van der Waals surface area (Å²) in [6.07, 6.45) is -2.26. The van der Waals surface area contributed by atoms with E-state index in [0.29, 0.717) is 16.8 Å². The summed E-state index contributed by atoms with van der Waals surface area (Å²) >= 11 is 6.14. The van der Waals surface area contributed by atoms with Gasteiger partial charge >= 0.3 is 12.1 Å². The molecule has 13 nitrogen and oxygen atoms in total. The number of carboxylic acid groups (broad SMARTS) is 1. The van der Waals surface area contributed by atoms with Crippen LogP contribution in [0.2, 0.25) is 5.02 Å². The van der Waals surface area contributed by atoms with Crippen molar-refractivity contribution in [3.05, 3.63) is 137 Å². The summed E-state index contributed by atoms with van der Waals surface area (Å²) in [5.41, 5.74) is 6.09. The van der Waals surface area contributed by atoms with Crippen molar-refractivity contribution in [3.63, 3.8) is 0 Å². The first-order chi connectivity index (χ1) is 29.5. The zero-order valence-electron chi connectivity index (χ0n) is 32.7. The number of aryl methyl sites for hydroxylation is 1. The Morgan fingerprint density at radius 3 is 2.32 bits per heavy atom. The Morgan fingerprint density at radius 1 is 0.903 bits per heavy atom. The van der Waals surface area contributed by atoms with Crippen LogP contribution in [0.15, 0.2) is 129 Å². The Morgan fingerprint density at radius 2 is 1.60 bits per heavy atom. The summed E-state index contributed by atoms with van der Waals surface area (Å²) in [5.74, 6) is -2.90. The highest BCUT2D eigenvalue weighted by Gasteiger charge is 2.38. The van der Waals surface area contributed by atoms with Gasteiger partial charge in [-0.3, -0.25) is 9.69 Å². The minimum absolute atomic E-state index is 0.206. The second-order valence-electron chi connectivity index (χ2n) is 14.5. The lowest BCUT2D eigenvalue weighted by atomic mass is 9.92. The van der Waals surface area contributed by atoms with Crippen LogP contribution >= 0.6 is 11.6 Å². The van der Waals surface area contributed by atoms with E-state index in [1.54, 1.807) is 17.0 Å². The maximum Gasteiger partial charge on any atom is 0.490 e. The predicted octanol–water partition coefficient (Wildman–Crippen LogP) is 7.01. The van der Waals surface area contributed by atoms with Crippen molar-refractivity contribution >= 4 is 61.2 Å². The minimum Gasteiger partial charge on any atom is -0.492 e. The molecule has 8 rings (SSSR count). The Balaban J connectivity index is 0.000000762. The molecule has 0 saturated carbocycles. The van der Waals surface area contributed by atoms with E-state index in [-0.39, 0.29) is 34.2 Å². The summed E-state index contributed by atoms with van der Waals surface area (Å²) in [4.78, 5) is 28.1. The number of hydrogen-bond donors (Lipinski definition) is 2.